The Morgan fingerprint density at radius 1 is 1.06 bits per heavy atom. The number of sulfonamides is 1. The lowest BCUT2D eigenvalue weighted by molar-refractivity contribution is -0.140. The van der Waals surface area contributed by atoms with E-state index in [-0.39, 0.29) is 49.5 Å². The third kappa shape index (κ3) is 8.09. The average Bonchev–Trinajstić information content (AvgIpc) is 2.75. The molecule has 0 unspecified atom stereocenters. The van der Waals surface area contributed by atoms with Gasteiger partial charge in [0.25, 0.3) is 0 Å². The Labute approximate surface area is 209 Å². The molecule has 0 aliphatic carbocycles. The number of carbonyl (C=O) groups is 2. The van der Waals surface area contributed by atoms with Gasteiger partial charge in [0.15, 0.2) is 0 Å². The van der Waals surface area contributed by atoms with Gasteiger partial charge >= 0.3 is 0 Å². The van der Waals surface area contributed by atoms with E-state index in [0.29, 0.717) is 0 Å². The molecule has 186 valence electrons. The van der Waals surface area contributed by atoms with Gasteiger partial charge in [-0.3, -0.25) is 13.9 Å². The van der Waals surface area contributed by atoms with Crippen LogP contribution in [-0.2, 0) is 26.2 Å². The summed E-state index contributed by atoms with van der Waals surface area (Å²) >= 11 is 3.38. The highest BCUT2D eigenvalue weighted by molar-refractivity contribution is 9.10. The molecule has 7 nitrogen and oxygen atoms in total. The number of anilines is 1. The average molecular weight is 556 g/mol. The molecule has 2 aromatic rings. The van der Waals surface area contributed by atoms with Crippen molar-refractivity contribution in [3.05, 3.63) is 64.4 Å². The Hall–Kier alpha value is -2.46. The summed E-state index contributed by atoms with van der Waals surface area (Å²) in [5, 5.41) is 2.83. The van der Waals surface area contributed by atoms with Gasteiger partial charge < -0.3 is 10.2 Å². The van der Waals surface area contributed by atoms with Crippen LogP contribution in [0.1, 0.15) is 39.2 Å². The number of para-hydroxylation sites is 1. The SMILES string of the molecule is CC(C)NC(=O)[C@H](C)N(Cc1ccc(Br)cc1)C(=O)CCCN(c1ccccc1F)S(C)(=O)=O. The molecule has 2 amide bonds. The predicted molar refractivity (Wildman–Crippen MR) is 135 cm³/mol. The summed E-state index contributed by atoms with van der Waals surface area (Å²) in [7, 11) is -3.75. The van der Waals surface area contributed by atoms with Crippen LogP contribution in [0.5, 0.6) is 0 Å². The van der Waals surface area contributed by atoms with Crippen LogP contribution in [0.3, 0.4) is 0 Å². The number of rotatable bonds is 11. The number of amides is 2. The molecular formula is C24H31BrFN3O4S. The highest BCUT2D eigenvalue weighted by Crippen LogP contribution is 2.22. The first kappa shape index (κ1) is 27.8. The number of benzene rings is 2. The quantitative estimate of drug-likeness (QED) is 0.452. The van der Waals surface area contributed by atoms with E-state index < -0.39 is 21.9 Å². The molecule has 0 aliphatic heterocycles. The van der Waals surface area contributed by atoms with E-state index in [1.165, 1.54) is 23.1 Å². The molecule has 2 rings (SSSR count). The summed E-state index contributed by atoms with van der Waals surface area (Å²) in [6, 6.07) is 12.2. The molecule has 34 heavy (non-hydrogen) atoms. The van der Waals surface area contributed by atoms with Crippen LogP contribution in [0.4, 0.5) is 10.1 Å². The van der Waals surface area contributed by atoms with Gasteiger partial charge in [0.2, 0.25) is 21.8 Å². The van der Waals surface area contributed by atoms with Crippen molar-refractivity contribution in [1.82, 2.24) is 10.2 Å². The normalized spacial score (nSPS) is 12.3. The number of halogens is 2. The molecule has 0 aliphatic rings. The zero-order valence-electron chi connectivity index (χ0n) is 19.8. The second-order valence-corrected chi connectivity index (χ2v) is 11.2. The molecule has 1 atom stereocenters. The van der Waals surface area contributed by atoms with Crippen LogP contribution < -0.4 is 9.62 Å². The minimum atomic E-state index is -3.75. The minimum absolute atomic E-state index is 0.00367. The zero-order valence-corrected chi connectivity index (χ0v) is 22.2. The second-order valence-electron chi connectivity index (χ2n) is 8.38. The molecular weight excluding hydrogens is 525 g/mol. The fourth-order valence-corrected chi connectivity index (χ4v) is 4.64. The van der Waals surface area contributed by atoms with Gasteiger partial charge in [-0.1, -0.05) is 40.2 Å². The van der Waals surface area contributed by atoms with Crippen LogP contribution in [0.2, 0.25) is 0 Å². The molecule has 1 N–H and O–H groups in total. The van der Waals surface area contributed by atoms with E-state index in [4.69, 9.17) is 0 Å². The lowest BCUT2D eigenvalue weighted by atomic mass is 10.1. The van der Waals surface area contributed by atoms with Crippen molar-refractivity contribution in [3.63, 3.8) is 0 Å². The fourth-order valence-electron chi connectivity index (χ4n) is 3.41. The summed E-state index contributed by atoms with van der Waals surface area (Å²) in [5.41, 5.74) is 0.790. The summed E-state index contributed by atoms with van der Waals surface area (Å²) < 4.78 is 40.6. The van der Waals surface area contributed by atoms with Gasteiger partial charge in [0.05, 0.1) is 11.9 Å². The first-order valence-electron chi connectivity index (χ1n) is 11.0. The van der Waals surface area contributed by atoms with Crippen molar-refractivity contribution in [2.75, 3.05) is 17.1 Å². The first-order valence-corrected chi connectivity index (χ1v) is 13.6. The Kier molecular flexibility index (Phi) is 10.1. The maximum Gasteiger partial charge on any atom is 0.242 e. The maximum absolute atomic E-state index is 14.2. The summed E-state index contributed by atoms with van der Waals surface area (Å²) in [5.74, 6) is -1.23. The molecule has 0 heterocycles. The van der Waals surface area contributed by atoms with Gasteiger partial charge in [-0.25, -0.2) is 12.8 Å². The molecule has 10 heteroatoms. The first-order chi connectivity index (χ1) is 15.9. The second kappa shape index (κ2) is 12.3. The van der Waals surface area contributed by atoms with Crippen molar-refractivity contribution in [2.24, 2.45) is 0 Å². The van der Waals surface area contributed by atoms with E-state index in [0.717, 1.165) is 20.6 Å². The number of carbonyl (C=O) groups excluding carboxylic acids is 2. The van der Waals surface area contributed by atoms with Crippen LogP contribution >= 0.6 is 15.9 Å². The van der Waals surface area contributed by atoms with Crippen molar-refractivity contribution in [3.8, 4) is 0 Å². The van der Waals surface area contributed by atoms with Crippen LogP contribution in [0, 0.1) is 5.82 Å². The number of hydrogen-bond donors (Lipinski definition) is 1. The molecule has 0 aromatic heterocycles. The van der Waals surface area contributed by atoms with Crippen molar-refractivity contribution < 1.29 is 22.4 Å². The lowest BCUT2D eigenvalue weighted by Gasteiger charge is -2.30. The van der Waals surface area contributed by atoms with Gasteiger partial charge in [0.1, 0.15) is 11.9 Å². The molecule has 0 bridgehead atoms. The topological polar surface area (TPSA) is 86.8 Å². The highest BCUT2D eigenvalue weighted by atomic mass is 79.9. The van der Waals surface area contributed by atoms with Crippen LogP contribution in [0.15, 0.2) is 53.0 Å². The Morgan fingerprint density at radius 3 is 2.24 bits per heavy atom. The molecule has 0 saturated carbocycles. The van der Waals surface area contributed by atoms with E-state index in [1.807, 2.05) is 38.1 Å². The fraction of sp³-hybridized carbons (Fsp3) is 0.417. The van der Waals surface area contributed by atoms with Crippen LogP contribution in [0.25, 0.3) is 0 Å². The number of nitrogens with one attached hydrogen (secondary N) is 1. The maximum atomic E-state index is 14.2. The van der Waals surface area contributed by atoms with Crippen LogP contribution in [-0.4, -0.2) is 50.0 Å². The Bertz CT molecular complexity index is 1090. The predicted octanol–water partition coefficient (Wildman–Crippen LogP) is 4.08. The van der Waals surface area contributed by atoms with E-state index in [1.54, 1.807) is 13.0 Å². The highest BCUT2D eigenvalue weighted by Gasteiger charge is 2.27. The van der Waals surface area contributed by atoms with Crippen molar-refractivity contribution >= 4 is 43.5 Å². The molecule has 0 radical (unpaired) electrons. The molecule has 0 fully saturated rings. The lowest BCUT2D eigenvalue weighted by Crippen LogP contribution is -2.49. The monoisotopic (exact) mass is 555 g/mol. The Balaban J connectivity index is 2.17. The van der Waals surface area contributed by atoms with E-state index in [9.17, 15) is 22.4 Å². The third-order valence-corrected chi connectivity index (χ3v) is 6.85. The smallest absolute Gasteiger partial charge is 0.242 e. The Morgan fingerprint density at radius 2 is 1.68 bits per heavy atom. The standard InChI is InChI=1S/C24H31BrFN3O4S/c1-17(2)27-24(31)18(3)28(16-19-11-13-20(25)14-12-19)23(30)10-7-15-29(34(4,32)33)22-9-6-5-8-21(22)26/h5-6,8-9,11-14,17-18H,7,10,15-16H2,1-4H3,(H,27,31)/t18-/m0/s1. The van der Waals surface area contributed by atoms with Crippen molar-refractivity contribution in [2.45, 2.75) is 52.2 Å². The van der Waals surface area contributed by atoms with E-state index >= 15 is 0 Å². The zero-order chi connectivity index (χ0) is 25.5. The number of nitrogens with zero attached hydrogens (tertiary/aromatic N) is 2. The van der Waals surface area contributed by atoms with Gasteiger partial charge in [-0.2, -0.15) is 0 Å². The summed E-state index contributed by atoms with van der Waals surface area (Å²) in [6.45, 7) is 5.50. The molecule has 0 spiro atoms. The summed E-state index contributed by atoms with van der Waals surface area (Å²) in [6.07, 6.45) is 1.16. The van der Waals surface area contributed by atoms with Gasteiger partial charge in [-0.05, 0) is 57.0 Å². The molecule has 0 saturated heterocycles. The van der Waals surface area contributed by atoms with E-state index in [2.05, 4.69) is 21.2 Å². The van der Waals surface area contributed by atoms with Crippen molar-refractivity contribution in [1.29, 1.82) is 0 Å². The third-order valence-electron chi connectivity index (χ3n) is 5.14. The largest absolute Gasteiger partial charge is 0.352 e. The molecule has 2 aromatic carbocycles. The summed E-state index contributed by atoms with van der Waals surface area (Å²) in [4.78, 5) is 27.3. The van der Waals surface area contributed by atoms with Gasteiger partial charge in [0, 0.05) is 30.0 Å². The van der Waals surface area contributed by atoms with Gasteiger partial charge in [-0.15, -0.1) is 0 Å². The number of hydrogen-bond acceptors (Lipinski definition) is 4. The minimum Gasteiger partial charge on any atom is -0.352 e.